The minimum atomic E-state index is 0.0823. The third kappa shape index (κ3) is 3.69. The Morgan fingerprint density at radius 1 is 1.23 bits per heavy atom. The number of likely N-dealkylation sites (tertiary alicyclic amines) is 1. The number of hydrogen-bond donors (Lipinski definition) is 2. The van der Waals surface area contributed by atoms with Gasteiger partial charge in [-0.1, -0.05) is 0 Å². The highest BCUT2D eigenvalue weighted by molar-refractivity contribution is 5.94. The van der Waals surface area contributed by atoms with Gasteiger partial charge >= 0.3 is 0 Å². The number of hydrogen-bond acceptors (Lipinski definition) is 6. The fraction of sp³-hybridized carbons (Fsp3) is 0.737. The van der Waals surface area contributed by atoms with Crippen molar-refractivity contribution in [2.75, 3.05) is 51.6 Å². The zero-order valence-electron chi connectivity index (χ0n) is 15.8. The number of carbonyl (C=O) groups excluding carboxylic acids is 1. The maximum absolute atomic E-state index is 13.1. The van der Waals surface area contributed by atoms with Gasteiger partial charge < -0.3 is 15.5 Å². The van der Waals surface area contributed by atoms with E-state index in [1.54, 1.807) is 0 Å². The molecule has 1 aromatic rings. The van der Waals surface area contributed by atoms with Gasteiger partial charge in [-0.2, -0.15) is 0 Å². The van der Waals surface area contributed by atoms with Gasteiger partial charge in [0, 0.05) is 51.8 Å². The Labute approximate surface area is 155 Å². The molecule has 0 bridgehead atoms. The van der Waals surface area contributed by atoms with E-state index in [-0.39, 0.29) is 5.91 Å². The summed E-state index contributed by atoms with van der Waals surface area (Å²) in [6.07, 6.45) is 5.65. The monoisotopic (exact) mass is 358 g/mol. The summed E-state index contributed by atoms with van der Waals surface area (Å²) >= 11 is 0. The molecule has 7 nitrogen and oxygen atoms in total. The van der Waals surface area contributed by atoms with Crippen LogP contribution in [-0.2, 0) is 13.0 Å². The van der Waals surface area contributed by atoms with Crippen LogP contribution in [0.15, 0.2) is 0 Å². The van der Waals surface area contributed by atoms with Crippen molar-refractivity contribution in [1.82, 2.24) is 25.1 Å². The second-order valence-electron chi connectivity index (χ2n) is 7.77. The van der Waals surface area contributed by atoms with Crippen LogP contribution in [0.3, 0.4) is 0 Å². The van der Waals surface area contributed by atoms with Gasteiger partial charge in [0.1, 0.15) is 5.69 Å². The molecule has 1 amide bonds. The molecule has 2 N–H and O–H groups in total. The number of amides is 1. The Morgan fingerprint density at radius 3 is 2.81 bits per heavy atom. The summed E-state index contributed by atoms with van der Waals surface area (Å²) in [5, 5.41) is 6.53. The van der Waals surface area contributed by atoms with E-state index >= 15 is 0 Å². The van der Waals surface area contributed by atoms with Crippen molar-refractivity contribution < 1.29 is 4.79 Å². The largest absolute Gasteiger partial charge is 0.357 e. The molecule has 1 aromatic heterocycles. The number of nitrogens with zero attached hydrogens (tertiary/aromatic N) is 4. The molecule has 1 atom stereocenters. The Balaban J connectivity index is 1.56. The van der Waals surface area contributed by atoms with Gasteiger partial charge in [-0.15, -0.1) is 0 Å². The van der Waals surface area contributed by atoms with Crippen LogP contribution < -0.4 is 10.6 Å². The number of carbonyl (C=O) groups is 1. The topological polar surface area (TPSA) is 73.4 Å². The van der Waals surface area contributed by atoms with Crippen molar-refractivity contribution in [2.24, 2.45) is 5.92 Å². The maximum atomic E-state index is 13.1. The second-order valence-corrected chi connectivity index (χ2v) is 7.77. The number of aromatic nitrogens is 2. The van der Waals surface area contributed by atoms with Crippen LogP contribution in [0.4, 0.5) is 5.95 Å². The van der Waals surface area contributed by atoms with Crippen molar-refractivity contribution in [3.05, 3.63) is 17.0 Å². The smallest absolute Gasteiger partial charge is 0.273 e. The normalized spacial score (nSPS) is 23.7. The van der Waals surface area contributed by atoms with E-state index in [0.717, 1.165) is 76.3 Å². The molecule has 3 aliphatic rings. The minimum absolute atomic E-state index is 0.0823. The maximum Gasteiger partial charge on any atom is 0.273 e. The molecule has 26 heavy (non-hydrogen) atoms. The highest BCUT2D eigenvalue weighted by atomic mass is 16.2. The molecular weight excluding hydrogens is 328 g/mol. The van der Waals surface area contributed by atoms with Crippen molar-refractivity contribution in [3.63, 3.8) is 0 Å². The van der Waals surface area contributed by atoms with E-state index in [2.05, 4.69) is 25.5 Å². The Bertz CT molecular complexity index is 652. The first-order chi connectivity index (χ1) is 12.7. The molecule has 0 spiro atoms. The number of rotatable bonds is 4. The van der Waals surface area contributed by atoms with Crippen LogP contribution in [0, 0.1) is 5.92 Å². The molecule has 0 aromatic carbocycles. The summed E-state index contributed by atoms with van der Waals surface area (Å²) < 4.78 is 0. The summed E-state index contributed by atoms with van der Waals surface area (Å²) in [7, 11) is 1.82. The molecule has 0 saturated carbocycles. The molecule has 142 valence electrons. The first kappa shape index (κ1) is 17.7. The molecule has 0 aliphatic carbocycles. The quantitative estimate of drug-likeness (QED) is 0.840. The van der Waals surface area contributed by atoms with E-state index in [1.807, 2.05) is 11.9 Å². The Morgan fingerprint density at radius 2 is 2.08 bits per heavy atom. The summed E-state index contributed by atoms with van der Waals surface area (Å²) in [6, 6.07) is 0. The lowest BCUT2D eigenvalue weighted by Crippen LogP contribution is -2.41. The number of fused-ring (bicyclic) bond motifs is 1. The zero-order valence-corrected chi connectivity index (χ0v) is 15.8. The highest BCUT2D eigenvalue weighted by Gasteiger charge is 2.30. The average molecular weight is 358 g/mol. The van der Waals surface area contributed by atoms with Crippen LogP contribution in [0.1, 0.15) is 47.4 Å². The number of anilines is 1. The Hall–Kier alpha value is -1.73. The van der Waals surface area contributed by atoms with Gasteiger partial charge in [-0.05, 0) is 44.7 Å². The standard InChI is InChI=1S/C19H30N6O/c1-20-19-22-16-6-10-24(12-14-5-4-7-21-11-14)13-15(16)17(23-19)18(26)25-8-2-3-9-25/h14,21H,2-13H2,1H3,(H,20,22,23)/t14-/m1/s1. The summed E-state index contributed by atoms with van der Waals surface area (Å²) in [5.74, 6) is 1.36. The molecular formula is C19H30N6O. The van der Waals surface area contributed by atoms with E-state index < -0.39 is 0 Å². The first-order valence-electron chi connectivity index (χ1n) is 10.0. The van der Waals surface area contributed by atoms with Crippen molar-refractivity contribution in [2.45, 2.75) is 38.6 Å². The lowest BCUT2D eigenvalue weighted by atomic mass is 9.96. The highest BCUT2D eigenvalue weighted by Crippen LogP contribution is 2.25. The predicted octanol–water partition coefficient (Wildman–Crippen LogP) is 1.11. The first-order valence-corrected chi connectivity index (χ1v) is 10.0. The molecule has 3 aliphatic heterocycles. The molecule has 4 rings (SSSR count). The zero-order chi connectivity index (χ0) is 17.9. The van der Waals surface area contributed by atoms with Gasteiger partial charge in [-0.3, -0.25) is 9.69 Å². The molecule has 4 heterocycles. The van der Waals surface area contributed by atoms with Gasteiger partial charge in [-0.25, -0.2) is 9.97 Å². The van der Waals surface area contributed by atoms with Crippen LogP contribution in [0.5, 0.6) is 0 Å². The van der Waals surface area contributed by atoms with Crippen LogP contribution in [0.2, 0.25) is 0 Å². The third-order valence-corrected chi connectivity index (χ3v) is 5.87. The van der Waals surface area contributed by atoms with Gasteiger partial charge in [0.05, 0.1) is 5.69 Å². The van der Waals surface area contributed by atoms with E-state index in [9.17, 15) is 4.79 Å². The fourth-order valence-electron chi connectivity index (χ4n) is 4.43. The second kappa shape index (κ2) is 7.88. The molecule has 0 unspecified atom stereocenters. The number of piperidine rings is 1. The summed E-state index contributed by atoms with van der Waals surface area (Å²) in [5.41, 5.74) is 2.72. The van der Waals surface area contributed by atoms with Crippen molar-refractivity contribution in [3.8, 4) is 0 Å². The predicted molar refractivity (Wildman–Crippen MR) is 101 cm³/mol. The van der Waals surface area contributed by atoms with E-state index in [1.165, 1.54) is 12.8 Å². The lowest BCUT2D eigenvalue weighted by Gasteiger charge is -2.34. The van der Waals surface area contributed by atoms with Crippen LogP contribution in [-0.4, -0.2) is 72.0 Å². The average Bonchev–Trinajstić information content (AvgIpc) is 3.22. The lowest BCUT2D eigenvalue weighted by molar-refractivity contribution is 0.0782. The summed E-state index contributed by atoms with van der Waals surface area (Å²) in [4.78, 5) is 26.7. The van der Waals surface area contributed by atoms with Crippen LogP contribution in [0.25, 0.3) is 0 Å². The minimum Gasteiger partial charge on any atom is -0.357 e. The molecule has 0 radical (unpaired) electrons. The van der Waals surface area contributed by atoms with Gasteiger partial charge in [0.2, 0.25) is 5.95 Å². The van der Waals surface area contributed by atoms with E-state index in [0.29, 0.717) is 17.6 Å². The van der Waals surface area contributed by atoms with E-state index in [4.69, 9.17) is 0 Å². The van der Waals surface area contributed by atoms with Gasteiger partial charge in [0.25, 0.3) is 5.91 Å². The van der Waals surface area contributed by atoms with Gasteiger partial charge in [0.15, 0.2) is 0 Å². The Kier molecular flexibility index (Phi) is 5.36. The fourth-order valence-corrected chi connectivity index (χ4v) is 4.43. The molecule has 2 saturated heterocycles. The third-order valence-electron chi connectivity index (χ3n) is 5.87. The molecule has 7 heteroatoms. The van der Waals surface area contributed by atoms with Crippen molar-refractivity contribution in [1.29, 1.82) is 0 Å². The SMILES string of the molecule is CNc1nc2c(c(C(=O)N3CCCC3)n1)CN(C[C@@H]1CCCNC1)CC2. The number of nitrogens with one attached hydrogen (secondary N) is 2. The van der Waals surface area contributed by atoms with Crippen molar-refractivity contribution >= 4 is 11.9 Å². The molecule has 2 fully saturated rings. The summed E-state index contributed by atoms with van der Waals surface area (Å²) in [6.45, 7) is 6.86. The van der Waals surface area contributed by atoms with Crippen LogP contribution >= 0.6 is 0 Å².